The van der Waals surface area contributed by atoms with E-state index in [1.54, 1.807) is 6.07 Å². The van der Waals surface area contributed by atoms with E-state index >= 15 is 0 Å². The molecule has 7 heteroatoms. The minimum atomic E-state index is -3.77. The van der Waals surface area contributed by atoms with Crippen molar-refractivity contribution in [2.75, 3.05) is 0 Å². The van der Waals surface area contributed by atoms with E-state index in [1.807, 2.05) is 0 Å². The monoisotopic (exact) mass is 254 g/mol. The lowest BCUT2D eigenvalue weighted by molar-refractivity contribution is -0.136. The van der Waals surface area contributed by atoms with E-state index in [9.17, 15) is 13.2 Å². The molecule has 0 aliphatic carbocycles. The standard InChI is InChI=1S/C10H10N2O4S/c1-7(10(13)14)17(15,16)6-8-2-3-12-9(4-8)5-11/h2-4,7H,6H2,1H3,(H,13,14). The van der Waals surface area contributed by atoms with Crippen LogP contribution in [0.25, 0.3) is 0 Å². The van der Waals surface area contributed by atoms with Gasteiger partial charge in [0.15, 0.2) is 15.1 Å². The highest BCUT2D eigenvalue weighted by molar-refractivity contribution is 7.91. The number of carbonyl (C=O) groups is 1. The van der Waals surface area contributed by atoms with Crippen LogP contribution in [0, 0.1) is 11.3 Å². The van der Waals surface area contributed by atoms with E-state index in [-0.39, 0.29) is 5.69 Å². The molecule has 0 fully saturated rings. The number of pyridine rings is 1. The summed E-state index contributed by atoms with van der Waals surface area (Å²) in [6.07, 6.45) is 1.31. The van der Waals surface area contributed by atoms with Gasteiger partial charge < -0.3 is 5.11 Å². The smallest absolute Gasteiger partial charge is 0.321 e. The Morgan fingerprint density at radius 2 is 2.29 bits per heavy atom. The van der Waals surface area contributed by atoms with Crippen LogP contribution in [0.1, 0.15) is 18.2 Å². The van der Waals surface area contributed by atoms with Crippen LogP contribution in [0.3, 0.4) is 0 Å². The van der Waals surface area contributed by atoms with Crippen LogP contribution in [0.5, 0.6) is 0 Å². The maximum absolute atomic E-state index is 11.7. The number of carboxylic acids is 1. The molecule has 0 radical (unpaired) electrons. The summed E-state index contributed by atoms with van der Waals surface area (Å²) in [5.74, 6) is -1.81. The van der Waals surface area contributed by atoms with Gasteiger partial charge in [0, 0.05) is 6.20 Å². The largest absolute Gasteiger partial charge is 0.480 e. The molecule has 1 aromatic rings. The Morgan fingerprint density at radius 3 is 2.82 bits per heavy atom. The molecule has 1 unspecified atom stereocenters. The predicted molar refractivity (Wildman–Crippen MR) is 58.7 cm³/mol. The van der Waals surface area contributed by atoms with Crippen molar-refractivity contribution in [2.24, 2.45) is 0 Å². The number of rotatable bonds is 4. The molecule has 0 bridgehead atoms. The number of nitriles is 1. The number of aromatic nitrogens is 1. The van der Waals surface area contributed by atoms with Crippen molar-refractivity contribution in [1.29, 1.82) is 5.26 Å². The van der Waals surface area contributed by atoms with E-state index in [0.29, 0.717) is 5.56 Å². The highest BCUT2D eigenvalue weighted by atomic mass is 32.2. The van der Waals surface area contributed by atoms with Gasteiger partial charge in [-0.1, -0.05) is 0 Å². The molecule has 90 valence electrons. The van der Waals surface area contributed by atoms with Crippen LogP contribution in [-0.4, -0.2) is 29.7 Å². The number of sulfone groups is 1. The van der Waals surface area contributed by atoms with Gasteiger partial charge in [-0.25, -0.2) is 13.4 Å². The Balaban J connectivity index is 2.99. The Labute approximate surface area is 98.4 Å². The second kappa shape index (κ2) is 4.93. The van der Waals surface area contributed by atoms with Crippen LogP contribution in [-0.2, 0) is 20.4 Å². The topological polar surface area (TPSA) is 108 Å². The summed E-state index contributed by atoms with van der Waals surface area (Å²) < 4.78 is 23.3. The third-order valence-corrected chi connectivity index (χ3v) is 4.21. The van der Waals surface area contributed by atoms with Gasteiger partial charge in [0.25, 0.3) is 0 Å². The van der Waals surface area contributed by atoms with Crippen molar-refractivity contribution in [1.82, 2.24) is 4.98 Å². The number of hydrogen-bond acceptors (Lipinski definition) is 5. The van der Waals surface area contributed by atoms with Gasteiger partial charge in [-0.05, 0) is 24.6 Å². The first-order valence-corrected chi connectivity index (χ1v) is 6.38. The highest BCUT2D eigenvalue weighted by Gasteiger charge is 2.27. The second-order valence-corrected chi connectivity index (χ2v) is 5.77. The molecule has 0 spiro atoms. The van der Waals surface area contributed by atoms with E-state index in [2.05, 4.69) is 4.98 Å². The maximum Gasteiger partial charge on any atom is 0.321 e. The highest BCUT2D eigenvalue weighted by Crippen LogP contribution is 2.11. The Kier molecular flexibility index (Phi) is 3.81. The van der Waals surface area contributed by atoms with Crippen molar-refractivity contribution in [3.8, 4) is 6.07 Å². The number of hydrogen-bond donors (Lipinski definition) is 1. The van der Waals surface area contributed by atoms with Crippen LogP contribution in [0.15, 0.2) is 18.3 Å². The van der Waals surface area contributed by atoms with E-state index in [0.717, 1.165) is 6.92 Å². The molecule has 0 saturated heterocycles. The van der Waals surface area contributed by atoms with Gasteiger partial charge in [-0.3, -0.25) is 4.79 Å². The maximum atomic E-state index is 11.7. The average Bonchev–Trinajstić information content (AvgIpc) is 2.27. The summed E-state index contributed by atoms with van der Waals surface area (Å²) in [4.78, 5) is 14.3. The molecule has 1 atom stereocenters. The minimum absolute atomic E-state index is 0.0979. The predicted octanol–water partition coefficient (Wildman–Crippen LogP) is 0.341. The fourth-order valence-electron chi connectivity index (χ4n) is 1.14. The normalized spacial score (nSPS) is 12.7. The van der Waals surface area contributed by atoms with Gasteiger partial charge in [0.05, 0.1) is 5.75 Å². The lowest BCUT2D eigenvalue weighted by Gasteiger charge is -2.08. The quantitative estimate of drug-likeness (QED) is 0.830. The summed E-state index contributed by atoms with van der Waals surface area (Å²) in [6, 6.07) is 4.55. The molecule has 1 rings (SSSR count). The summed E-state index contributed by atoms with van der Waals surface area (Å²) >= 11 is 0. The van der Waals surface area contributed by atoms with Crippen molar-refractivity contribution in [3.63, 3.8) is 0 Å². The molecule has 0 aromatic carbocycles. The molecule has 0 aliphatic heterocycles. The molecular formula is C10H10N2O4S. The molecule has 0 amide bonds. The van der Waals surface area contributed by atoms with Crippen LogP contribution in [0.4, 0.5) is 0 Å². The second-order valence-electron chi connectivity index (χ2n) is 3.45. The van der Waals surface area contributed by atoms with Gasteiger partial charge >= 0.3 is 5.97 Å². The van der Waals surface area contributed by atoms with Gasteiger partial charge in [-0.15, -0.1) is 0 Å². The fraction of sp³-hybridized carbons (Fsp3) is 0.300. The van der Waals surface area contributed by atoms with Crippen molar-refractivity contribution in [2.45, 2.75) is 17.9 Å². The SMILES string of the molecule is CC(C(=O)O)S(=O)(=O)Cc1ccnc(C#N)c1. The van der Waals surface area contributed by atoms with Gasteiger partial charge in [-0.2, -0.15) is 5.26 Å². The molecule has 0 aliphatic rings. The first-order valence-electron chi connectivity index (χ1n) is 4.66. The third-order valence-electron chi connectivity index (χ3n) is 2.19. The van der Waals surface area contributed by atoms with Gasteiger partial charge in [0.1, 0.15) is 11.8 Å². The van der Waals surface area contributed by atoms with Crippen LogP contribution in [0.2, 0.25) is 0 Å². The van der Waals surface area contributed by atoms with Crippen LogP contribution >= 0.6 is 0 Å². The molecule has 17 heavy (non-hydrogen) atoms. The zero-order valence-corrected chi connectivity index (χ0v) is 9.81. The van der Waals surface area contributed by atoms with Crippen molar-refractivity contribution in [3.05, 3.63) is 29.6 Å². The number of nitrogens with zero attached hydrogens (tertiary/aromatic N) is 2. The van der Waals surface area contributed by atoms with Crippen LogP contribution < -0.4 is 0 Å². The van der Waals surface area contributed by atoms with Gasteiger partial charge in [0.2, 0.25) is 0 Å². The molecule has 1 aromatic heterocycles. The summed E-state index contributed by atoms with van der Waals surface area (Å²) in [5, 5.41) is 15.8. The summed E-state index contributed by atoms with van der Waals surface area (Å²) in [7, 11) is -3.77. The Morgan fingerprint density at radius 1 is 1.65 bits per heavy atom. The number of aliphatic carboxylic acids is 1. The Hall–Kier alpha value is -1.94. The van der Waals surface area contributed by atoms with E-state index in [1.165, 1.54) is 18.3 Å². The zero-order valence-electron chi connectivity index (χ0n) is 8.99. The lowest BCUT2D eigenvalue weighted by Crippen LogP contribution is -2.28. The molecule has 6 nitrogen and oxygen atoms in total. The lowest BCUT2D eigenvalue weighted by atomic mass is 10.2. The average molecular weight is 254 g/mol. The first-order chi connectivity index (χ1) is 7.86. The first kappa shape index (κ1) is 13.1. The summed E-state index contributed by atoms with van der Waals surface area (Å²) in [6.45, 7) is 1.12. The van der Waals surface area contributed by atoms with E-state index in [4.69, 9.17) is 10.4 Å². The fourth-order valence-corrected chi connectivity index (χ4v) is 2.34. The van der Waals surface area contributed by atoms with Crippen molar-refractivity contribution >= 4 is 15.8 Å². The van der Waals surface area contributed by atoms with Crippen molar-refractivity contribution < 1.29 is 18.3 Å². The molecule has 0 saturated carbocycles. The zero-order chi connectivity index (χ0) is 13.1. The molecule has 1 N–H and O–H groups in total. The summed E-state index contributed by atoms with van der Waals surface area (Å²) in [5.41, 5.74) is 0.449. The van der Waals surface area contributed by atoms with E-state index < -0.39 is 26.8 Å². The number of carboxylic acid groups (broad SMARTS) is 1. The minimum Gasteiger partial charge on any atom is -0.480 e. The molecule has 1 heterocycles. The Bertz CT molecular complexity index is 574. The third kappa shape index (κ3) is 3.26. The molecular weight excluding hydrogens is 244 g/mol.